The van der Waals surface area contributed by atoms with Gasteiger partial charge in [-0.3, -0.25) is 4.98 Å². The summed E-state index contributed by atoms with van der Waals surface area (Å²) in [5.41, 5.74) is 1.15. The summed E-state index contributed by atoms with van der Waals surface area (Å²) in [4.78, 5) is 5.52. The lowest BCUT2D eigenvalue weighted by Gasteiger charge is -2.16. The molecule has 1 unspecified atom stereocenters. The van der Waals surface area contributed by atoms with Gasteiger partial charge in [-0.25, -0.2) is 0 Å². The van der Waals surface area contributed by atoms with Crippen molar-refractivity contribution in [3.05, 3.63) is 52.8 Å². The fourth-order valence-corrected chi connectivity index (χ4v) is 3.24. The maximum atomic E-state index is 5.51. The number of nitrogens with zero attached hydrogens (tertiary/aromatic N) is 1. The van der Waals surface area contributed by atoms with Crippen LogP contribution in [0.15, 0.2) is 52.1 Å². The number of hydrogen-bond donors (Lipinski definition) is 1. The topological polar surface area (TPSA) is 34.1 Å². The molecular formula is C16H19BrN2OS. The van der Waals surface area contributed by atoms with Crippen molar-refractivity contribution in [2.24, 2.45) is 0 Å². The largest absolute Gasteiger partial charge is 0.492 e. The SMILES string of the molecule is CCOc1cncc(C(CSc2ccc(Br)cc2)NC)c1. The Labute approximate surface area is 138 Å². The second-order valence-corrected chi connectivity index (χ2v) is 6.50. The number of thioether (sulfide) groups is 1. The fraction of sp³-hybridized carbons (Fsp3) is 0.312. The van der Waals surface area contributed by atoms with Crippen LogP contribution in [-0.2, 0) is 0 Å². The molecule has 0 spiro atoms. The number of aromatic nitrogens is 1. The normalized spacial score (nSPS) is 12.1. The van der Waals surface area contributed by atoms with Gasteiger partial charge >= 0.3 is 0 Å². The van der Waals surface area contributed by atoms with Gasteiger partial charge in [-0.15, -0.1) is 11.8 Å². The quantitative estimate of drug-likeness (QED) is 0.740. The molecule has 0 saturated carbocycles. The molecule has 0 saturated heterocycles. The third-order valence-electron chi connectivity index (χ3n) is 3.03. The van der Waals surface area contributed by atoms with Crippen LogP contribution in [0.2, 0.25) is 0 Å². The smallest absolute Gasteiger partial charge is 0.137 e. The van der Waals surface area contributed by atoms with Crippen molar-refractivity contribution < 1.29 is 4.74 Å². The van der Waals surface area contributed by atoms with Gasteiger partial charge in [0.15, 0.2) is 0 Å². The number of ether oxygens (including phenoxy) is 1. The first-order chi connectivity index (χ1) is 10.2. The average molecular weight is 367 g/mol. The Bertz CT molecular complexity index is 562. The van der Waals surface area contributed by atoms with Crippen molar-refractivity contribution >= 4 is 27.7 Å². The number of halogens is 1. The average Bonchev–Trinajstić information content (AvgIpc) is 2.50. The van der Waals surface area contributed by atoms with Gasteiger partial charge in [0.2, 0.25) is 0 Å². The second kappa shape index (κ2) is 8.41. The van der Waals surface area contributed by atoms with Crippen molar-refractivity contribution in [2.75, 3.05) is 19.4 Å². The first-order valence-electron chi connectivity index (χ1n) is 6.86. The van der Waals surface area contributed by atoms with Gasteiger partial charge in [0.1, 0.15) is 5.75 Å². The molecule has 1 aromatic carbocycles. The maximum Gasteiger partial charge on any atom is 0.137 e. The molecule has 1 N–H and O–H groups in total. The molecule has 3 nitrogen and oxygen atoms in total. The summed E-state index contributed by atoms with van der Waals surface area (Å²) in [7, 11) is 1.97. The molecule has 1 heterocycles. The summed E-state index contributed by atoms with van der Waals surface area (Å²) < 4.78 is 6.62. The molecule has 2 aromatic rings. The molecule has 112 valence electrons. The van der Waals surface area contributed by atoms with Gasteiger partial charge in [-0.2, -0.15) is 0 Å². The lowest BCUT2D eigenvalue weighted by atomic mass is 10.1. The summed E-state index contributed by atoms with van der Waals surface area (Å²) in [5, 5.41) is 3.34. The highest BCUT2D eigenvalue weighted by Gasteiger charge is 2.11. The van der Waals surface area contributed by atoms with Crippen molar-refractivity contribution in [3.8, 4) is 5.75 Å². The molecule has 1 aromatic heterocycles. The monoisotopic (exact) mass is 366 g/mol. The van der Waals surface area contributed by atoms with Gasteiger partial charge in [0.25, 0.3) is 0 Å². The van der Waals surface area contributed by atoms with Gasteiger partial charge in [0.05, 0.1) is 12.8 Å². The lowest BCUT2D eigenvalue weighted by Crippen LogP contribution is -2.19. The van der Waals surface area contributed by atoms with E-state index in [0.29, 0.717) is 6.61 Å². The Morgan fingerprint density at radius 3 is 2.71 bits per heavy atom. The second-order valence-electron chi connectivity index (χ2n) is 4.49. The van der Waals surface area contributed by atoms with Crippen LogP contribution in [0.1, 0.15) is 18.5 Å². The molecule has 0 amide bonds. The third-order valence-corrected chi connectivity index (χ3v) is 4.66. The van der Waals surface area contributed by atoms with E-state index in [9.17, 15) is 0 Å². The molecule has 0 aliphatic carbocycles. The van der Waals surface area contributed by atoms with E-state index < -0.39 is 0 Å². The molecule has 0 aliphatic rings. The van der Waals surface area contributed by atoms with Crippen LogP contribution in [-0.4, -0.2) is 24.4 Å². The Morgan fingerprint density at radius 1 is 1.29 bits per heavy atom. The van der Waals surface area contributed by atoms with Gasteiger partial charge < -0.3 is 10.1 Å². The van der Waals surface area contributed by atoms with Crippen molar-refractivity contribution in [3.63, 3.8) is 0 Å². The summed E-state index contributed by atoms with van der Waals surface area (Å²) in [6.07, 6.45) is 3.65. The Morgan fingerprint density at radius 2 is 2.05 bits per heavy atom. The summed E-state index contributed by atoms with van der Waals surface area (Å²) in [6.45, 7) is 2.63. The minimum Gasteiger partial charge on any atom is -0.492 e. The van der Waals surface area contributed by atoms with E-state index >= 15 is 0 Å². The first-order valence-corrected chi connectivity index (χ1v) is 8.64. The van der Waals surface area contributed by atoms with Gasteiger partial charge in [-0.1, -0.05) is 15.9 Å². The Hall–Kier alpha value is -1.04. The zero-order valence-corrected chi connectivity index (χ0v) is 14.6. The standard InChI is InChI=1S/C16H19BrN2OS/c1-3-20-14-8-12(9-19-10-14)16(18-2)11-21-15-6-4-13(17)5-7-15/h4-10,16,18H,3,11H2,1-2H3. The van der Waals surface area contributed by atoms with Crippen LogP contribution in [0.5, 0.6) is 5.75 Å². The van der Waals surface area contributed by atoms with Gasteiger partial charge in [-0.05, 0) is 49.9 Å². The third kappa shape index (κ3) is 5.02. The fourth-order valence-electron chi connectivity index (χ4n) is 1.93. The van der Waals surface area contributed by atoms with Crippen LogP contribution in [0.4, 0.5) is 0 Å². The highest BCUT2D eigenvalue weighted by Crippen LogP contribution is 2.26. The van der Waals surface area contributed by atoms with Crippen molar-refractivity contribution in [2.45, 2.75) is 17.9 Å². The summed E-state index contributed by atoms with van der Waals surface area (Å²) >= 11 is 5.28. The Kier molecular flexibility index (Phi) is 6.54. The minimum absolute atomic E-state index is 0.242. The van der Waals surface area contributed by atoms with Crippen LogP contribution >= 0.6 is 27.7 Å². The minimum atomic E-state index is 0.242. The maximum absolute atomic E-state index is 5.51. The predicted octanol–water partition coefficient (Wildman–Crippen LogP) is 4.30. The van der Waals surface area contributed by atoms with E-state index in [4.69, 9.17) is 4.74 Å². The number of benzene rings is 1. The Balaban J connectivity index is 2.02. The van der Waals surface area contributed by atoms with E-state index in [1.165, 1.54) is 4.90 Å². The summed E-state index contributed by atoms with van der Waals surface area (Å²) in [5.74, 6) is 1.76. The van der Waals surface area contributed by atoms with Crippen LogP contribution in [0.3, 0.4) is 0 Å². The van der Waals surface area contributed by atoms with E-state index in [1.807, 2.05) is 31.9 Å². The summed E-state index contributed by atoms with van der Waals surface area (Å²) in [6, 6.07) is 10.7. The molecule has 0 fully saturated rings. The highest BCUT2D eigenvalue weighted by molar-refractivity contribution is 9.10. The van der Waals surface area contributed by atoms with Gasteiger partial charge in [0, 0.05) is 27.4 Å². The van der Waals surface area contributed by atoms with E-state index in [1.54, 1.807) is 6.20 Å². The zero-order valence-electron chi connectivity index (χ0n) is 12.2. The molecule has 0 radical (unpaired) electrons. The van der Waals surface area contributed by atoms with Crippen LogP contribution < -0.4 is 10.1 Å². The molecule has 21 heavy (non-hydrogen) atoms. The first kappa shape index (κ1) is 16.3. The lowest BCUT2D eigenvalue weighted by molar-refractivity contribution is 0.338. The zero-order chi connectivity index (χ0) is 15.1. The molecule has 0 bridgehead atoms. The van der Waals surface area contributed by atoms with Crippen LogP contribution in [0, 0.1) is 0 Å². The molecular weight excluding hydrogens is 348 g/mol. The van der Waals surface area contributed by atoms with E-state index in [-0.39, 0.29) is 6.04 Å². The molecule has 0 aliphatic heterocycles. The van der Waals surface area contributed by atoms with Crippen molar-refractivity contribution in [1.82, 2.24) is 10.3 Å². The molecule has 1 atom stereocenters. The number of rotatable bonds is 7. The predicted molar refractivity (Wildman–Crippen MR) is 92.1 cm³/mol. The molecule has 5 heteroatoms. The van der Waals surface area contributed by atoms with Crippen molar-refractivity contribution in [1.29, 1.82) is 0 Å². The highest BCUT2D eigenvalue weighted by atomic mass is 79.9. The number of hydrogen-bond acceptors (Lipinski definition) is 4. The molecule has 2 rings (SSSR count). The van der Waals surface area contributed by atoms with E-state index in [0.717, 1.165) is 21.5 Å². The number of nitrogens with one attached hydrogen (secondary N) is 1. The number of pyridine rings is 1. The van der Waals surface area contributed by atoms with E-state index in [2.05, 4.69) is 56.6 Å². The van der Waals surface area contributed by atoms with Crippen LogP contribution in [0.25, 0.3) is 0 Å².